The van der Waals surface area contributed by atoms with Crippen molar-refractivity contribution in [2.24, 2.45) is 12.8 Å². The molecule has 2 rings (SSSR count). The standard InChI is InChI=1S/C10H13BrN4/c1-15-9(11)7(3-2-4-12)8-5-13-6-14-10(8)15/h5-6H,2-4,12H2,1H3. The van der Waals surface area contributed by atoms with Crippen LogP contribution in [0.15, 0.2) is 17.1 Å². The van der Waals surface area contributed by atoms with Crippen molar-refractivity contribution in [3.8, 4) is 0 Å². The van der Waals surface area contributed by atoms with Crippen LogP contribution in [-0.4, -0.2) is 21.1 Å². The number of aryl methyl sites for hydroxylation is 2. The monoisotopic (exact) mass is 268 g/mol. The zero-order chi connectivity index (χ0) is 10.8. The molecule has 0 atom stereocenters. The fraction of sp³-hybridized carbons (Fsp3) is 0.400. The number of rotatable bonds is 3. The molecular formula is C10H13BrN4. The fourth-order valence-electron chi connectivity index (χ4n) is 1.73. The summed E-state index contributed by atoms with van der Waals surface area (Å²) in [5.41, 5.74) is 7.73. The third-order valence-electron chi connectivity index (χ3n) is 2.51. The van der Waals surface area contributed by atoms with Gasteiger partial charge in [-0.25, -0.2) is 9.97 Å². The molecule has 0 fully saturated rings. The summed E-state index contributed by atoms with van der Waals surface area (Å²) in [5, 5.41) is 1.11. The van der Waals surface area contributed by atoms with Gasteiger partial charge in [-0.1, -0.05) is 0 Å². The minimum Gasteiger partial charge on any atom is -0.330 e. The Hall–Kier alpha value is -0.940. The second kappa shape index (κ2) is 4.28. The lowest BCUT2D eigenvalue weighted by Gasteiger charge is -1.98. The predicted octanol–water partition coefficient (Wildman–Crippen LogP) is 1.62. The largest absolute Gasteiger partial charge is 0.330 e. The van der Waals surface area contributed by atoms with Crippen LogP contribution in [0.3, 0.4) is 0 Å². The van der Waals surface area contributed by atoms with Crippen molar-refractivity contribution in [2.45, 2.75) is 12.8 Å². The van der Waals surface area contributed by atoms with Gasteiger partial charge in [0.15, 0.2) is 0 Å². The zero-order valence-corrected chi connectivity index (χ0v) is 10.2. The van der Waals surface area contributed by atoms with Crippen molar-refractivity contribution in [3.63, 3.8) is 0 Å². The van der Waals surface area contributed by atoms with Gasteiger partial charge in [0.25, 0.3) is 0 Å². The highest BCUT2D eigenvalue weighted by Gasteiger charge is 2.13. The molecule has 0 radical (unpaired) electrons. The van der Waals surface area contributed by atoms with E-state index in [1.54, 1.807) is 6.33 Å². The third-order valence-corrected chi connectivity index (χ3v) is 3.52. The average molecular weight is 269 g/mol. The first-order valence-electron chi connectivity index (χ1n) is 4.88. The second-order valence-corrected chi connectivity index (χ2v) is 4.23. The quantitative estimate of drug-likeness (QED) is 0.921. The molecule has 80 valence electrons. The normalized spacial score (nSPS) is 11.1. The Morgan fingerprint density at radius 1 is 1.53 bits per heavy atom. The Labute approximate surface area is 96.6 Å². The molecule has 2 N–H and O–H groups in total. The molecule has 4 nitrogen and oxygen atoms in total. The van der Waals surface area contributed by atoms with Gasteiger partial charge in [-0.3, -0.25) is 0 Å². The van der Waals surface area contributed by atoms with Crippen molar-refractivity contribution in [2.75, 3.05) is 6.54 Å². The highest BCUT2D eigenvalue weighted by Crippen LogP contribution is 2.28. The number of aromatic nitrogens is 3. The maximum atomic E-state index is 5.52. The lowest BCUT2D eigenvalue weighted by atomic mass is 10.1. The van der Waals surface area contributed by atoms with Crippen LogP contribution in [-0.2, 0) is 13.5 Å². The topological polar surface area (TPSA) is 56.7 Å². The maximum Gasteiger partial charge on any atom is 0.144 e. The first kappa shape index (κ1) is 10.6. The van der Waals surface area contributed by atoms with Crippen molar-refractivity contribution >= 4 is 27.0 Å². The van der Waals surface area contributed by atoms with Crippen molar-refractivity contribution < 1.29 is 0 Å². The lowest BCUT2D eigenvalue weighted by Crippen LogP contribution is -2.00. The molecule has 2 aromatic heterocycles. The molecule has 0 aliphatic carbocycles. The molecule has 0 unspecified atom stereocenters. The molecule has 0 spiro atoms. The Morgan fingerprint density at radius 3 is 3.07 bits per heavy atom. The summed E-state index contributed by atoms with van der Waals surface area (Å²) in [5.74, 6) is 0. The molecule has 0 amide bonds. The van der Waals surface area contributed by atoms with E-state index in [1.165, 1.54) is 5.56 Å². The lowest BCUT2D eigenvalue weighted by molar-refractivity contribution is 0.821. The Morgan fingerprint density at radius 2 is 2.33 bits per heavy atom. The van der Waals surface area contributed by atoms with Crippen molar-refractivity contribution in [1.82, 2.24) is 14.5 Å². The first-order valence-corrected chi connectivity index (χ1v) is 5.68. The van der Waals surface area contributed by atoms with Crippen LogP contribution in [0.2, 0.25) is 0 Å². The van der Waals surface area contributed by atoms with Crippen LogP contribution in [0.25, 0.3) is 11.0 Å². The summed E-state index contributed by atoms with van der Waals surface area (Å²) >= 11 is 3.58. The SMILES string of the molecule is Cn1c(Br)c(CCCN)c2cncnc21. The molecule has 2 aromatic rings. The first-order chi connectivity index (χ1) is 7.25. The Bertz CT molecular complexity index is 477. The molecule has 0 aromatic carbocycles. The molecule has 0 saturated heterocycles. The van der Waals surface area contributed by atoms with E-state index in [2.05, 4.69) is 25.9 Å². The molecule has 0 bridgehead atoms. The molecule has 15 heavy (non-hydrogen) atoms. The van der Waals surface area contributed by atoms with Gasteiger partial charge in [0.2, 0.25) is 0 Å². The van der Waals surface area contributed by atoms with Crippen LogP contribution in [0, 0.1) is 0 Å². The van der Waals surface area contributed by atoms with Crippen LogP contribution in [0.5, 0.6) is 0 Å². The van der Waals surface area contributed by atoms with E-state index in [9.17, 15) is 0 Å². The smallest absolute Gasteiger partial charge is 0.144 e. The fourth-order valence-corrected chi connectivity index (χ4v) is 2.31. The molecule has 0 aliphatic heterocycles. The Kier molecular flexibility index (Phi) is 3.02. The van der Waals surface area contributed by atoms with E-state index in [4.69, 9.17) is 5.73 Å². The number of hydrogen-bond acceptors (Lipinski definition) is 3. The molecule has 0 saturated carbocycles. The number of nitrogens with two attached hydrogens (primary N) is 1. The second-order valence-electron chi connectivity index (χ2n) is 3.48. The van der Waals surface area contributed by atoms with E-state index in [0.717, 1.165) is 28.5 Å². The van der Waals surface area contributed by atoms with E-state index < -0.39 is 0 Å². The summed E-state index contributed by atoms with van der Waals surface area (Å²) in [4.78, 5) is 8.32. The summed E-state index contributed by atoms with van der Waals surface area (Å²) < 4.78 is 3.11. The third kappa shape index (κ3) is 1.77. The van der Waals surface area contributed by atoms with Crippen LogP contribution in [0.1, 0.15) is 12.0 Å². The van der Waals surface area contributed by atoms with E-state index in [0.29, 0.717) is 6.54 Å². The van der Waals surface area contributed by atoms with Crippen molar-refractivity contribution in [3.05, 3.63) is 22.7 Å². The minimum atomic E-state index is 0.705. The van der Waals surface area contributed by atoms with Gasteiger partial charge >= 0.3 is 0 Å². The highest BCUT2D eigenvalue weighted by atomic mass is 79.9. The summed E-state index contributed by atoms with van der Waals surface area (Å²) in [6.45, 7) is 0.705. The Balaban J connectivity index is 2.56. The number of hydrogen-bond donors (Lipinski definition) is 1. The maximum absolute atomic E-state index is 5.52. The van der Waals surface area contributed by atoms with E-state index in [1.807, 2.05) is 17.8 Å². The minimum absolute atomic E-state index is 0.705. The molecular weight excluding hydrogens is 256 g/mol. The van der Waals surface area contributed by atoms with Crippen LogP contribution >= 0.6 is 15.9 Å². The molecule has 2 heterocycles. The van der Waals surface area contributed by atoms with Crippen molar-refractivity contribution in [1.29, 1.82) is 0 Å². The predicted molar refractivity (Wildman–Crippen MR) is 63.6 cm³/mol. The van der Waals surface area contributed by atoms with Gasteiger partial charge in [0.05, 0.1) is 4.60 Å². The highest BCUT2D eigenvalue weighted by molar-refractivity contribution is 9.10. The summed E-state index contributed by atoms with van der Waals surface area (Å²) in [6, 6.07) is 0. The average Bonchev–Trinajstić information content (AvgIpc) is 2.51. The summed E-state index contributed by atoms with van der Waals surface area (Å²) in [6.07, 6.45) is 5.37. The summed E-state index contributed by atoms with van der Waals surface area (Å²) in [7, 11) is 1.99. The molecule has 5 heteroatoms. The van der Waals surface area contributed by atoms with Gasteiger partial charge < -0.3 is 10.3 Å². The van der Waals surface area contributed by atoms with Gasteiger partial charge in [0, 0.05) is 18.6 Å². The van der Waals surface area contributed by atoms with Gasteiger partial charge in [0.1, 0.15) is 12.0 Å². The van der Waals surface area contributed by atoms with E-state index >= 15 is 0 Å². The van der Waals surface area contributed by atoms with Gasteiger partial charge in [-0.2, -0.15) is 0 Å². The number of fused-ring (bicyclic) bond motifs is 1. The van der Waals surface area contributed by atoms with Crippen LogP contribution in [0.4, 0.5) is 0 Å². The van der Waals surface area contributed by atoms with Gasteiger partial charge in [-0.05, 0) is 40.9 Å². The zero-order valence-electron chi connectivity index (χ0n) is 8.57. The number of halogens is 1. The van der Waals surface area contributed by atoms with Gasteiger partial charge in [-0.15, -0.1) is 0 Å². The van der Waals surface area contributed by atoms with E-state index in [-0.39, 0.29) is 0 Å². The number of nitrogens with zero attached hydrogens (tertiary/aromatic N) is 3. The molecule has 0 aliphatic rings. The van der Waals surface area contributed by atoms with Crippen LogP contribution < -0.4 is 5.73 Å².